The van der Waals surface area contributed by atoms with Crippen molar-refractivity contribution in [2.45, 2.75) is 76.0 Å². The number of aliphatic hydroxyl groups is 3. The van der Waals surface area contributed by atoms with Gasteiger partial charge in [-0.3, -0.25) is 4.79 Å². The number of carbonyl (C=O) groups is 2. The second-order valence-corrected chi connectivity index (χ2v) is 11.9. The van der Waals surface area contributed by atoms with Crippen molar-refractivity contribution in [3.63, 3.8) is 0 Å². The zero-order chi connectivity index (χ0) is 30.4. The van der Waals surface area contributed by atoms with Gasteiger partial charge in [0.05, 0.1) is 18.2 Å². The standard InChI is InChI=1S/C33H40N2O7/c1-33(2,3)42-32(41)34-26(18-20-9-5-4-6-10-20)27(37)19-22(17-21-13-15-23(36)16-14-21)31(40)35-28-24-11-7-8-12-25(24)29(38)30(28)39/h4-16,22,26-30,36-39H,17-19H2,1-3H3,(H,34,41)(H,35,40)/t22-,26+,27+,28+,29-,30+/m1/s1. The van der Waals surface area contributed by atoms with Crippen molar-refractivity contribution in [3.8, 4) is 5.75 Å². The van der Waals surface area contributed by atoms with E-state index in [2.05, 4.69) is 10.6 Å². The summed E-state index contributed by atoms with van der Waals surface area (Å²) in [6, 6.07) is 21.2. The summed E-state index contributed by atoms with van der Waals surface area (Å²) in [5.74, 6) is -1.12. The molecule has 2 amide bonds. The number of benzene rings is 3. The van der Waals surface area contributed by atoms with Gasteiger partial charge in [0, 0.05) is 5.92 Å². The van der Waals surface area contributed by atoms with Gasteiger partial charge in [-0.1, -0.05) is 66.7 Å². The molecule has 3 aromatic rings. The van der Waals surface area contributed by atoms with Crippen LogP contribution in [-0.4, -0.2) is 56.3 Å². The Morgan fingerprint density at radius 2 is 1.45 bits per heavy atom. The first-order valence-electron chi connectivity index (χ1n) is 14.2. The number of hydrogen-bond donors (Lipinski definition) is 6. The number of aliphatic hydroxyl groups excluding tert-OH is 3. The van der Waals surface area contributed by atoms with E-state index >= 15 is 0 Å². The number of alkyl carbamates (subject to hydrolysis) is 1. The van der Waals surface area contributed by atoms with Crippen LogP contribution in [0.15, 0.2) is 78.9 Å². The third kappa shape index (κ3) is 8.09. The Morgan fingerprint density at radius 3 is 2.10 bits per heavy atom. The number of nitrogens with one attached hydrogen (secondary N) is 2. The fourth-order valence-electron chi connectivity index (χ4n) is 5.31. The molecule has 0 saturated carbocycles. The summed E-state index contributed by atoms with van der Waals surface area (Å²) < 4.78 is 5.44. The Morgan fingerprint density at radius 1 is 0.857 bits per heavy atom. The van der Waals surface area contributed by atoms with Gasteiger partial charge in [-0.05, 0) is 74.4 Å². The van der Waals surface area contributed by atoms with E-state index in [9.17, 15) is 30.0 Å². The van der Waals surface area contributed by atoms with E-state index < -0.39 is 53.9 Å². The predicted molar refractivity (Wildman–Crippen MR) is 158 cm³/mol. The van der Waals surface area contributed by atoms with Crippen LogP contribution < -0.4 is 10.6 Å². The van der Waals surface area contributed by atoms with Crippen molar-refractivity contribution in [3.05, 3.63) is 101 Å². The number of phenols is 1. The lowest BCUT2D eigenvalue weighted by atomic mass is 9.88. The minimum absolute atomic E-state index is 0.0208. The maximum atomic E-state index is 13.8. The van der Waals surface area contributed by atoms with Gasteiger partial charge in [0.2, 0.25) is 5.91 Å². The molecule has 6 N–H and O–H groups in total. The van der Waals surface area contributed by atoms with E-state index in [1.807, 2.05) is 30.3 Å². The van der Waals surface area contributed by atoms with Crippen molar-refractivity contribution in [1.29, 1.82) is 0 Å². The molecule has 1 aliphatic rings. The smallest absolute Gasteiger partial charge is 0.407 e. The van der Waals surface area contributed by atoms with Gasteiger partial charge in [0.1, 0.15) is 23.6 Å². The Labute approximate surface area is 246 Å². The summed E-state index contributed by atoms with van der Waals surface area (Å²) in [7, 11) is 0. The third-order valence-electron chi connectivity index (χ3n) is 7.39. The molecule has 0 bridgehead atoms. The summed E-state index contributed by atoms with van der Waals surface area (Å²) in [6.07, 6.45) is -3.69. The lowest BCUT2D eigenvalue weighted by molar-refractivity contribution is -0.128. The van der Waals surface area contributed by atoms with Gasteiger partial charge in [-0.25, -0.2) is 4.79 Å². The monoisotopic (exact) mass is 576 g/mol. The maximum absolute atomic E-state index is 13.8. The van der Waals surface area contributed by atoms with Crippen LogP contribution in [0.2, 0.25) is 0 Å². The normalized spacial score (nSPS) is 20.2. The Bertz CT molecular complexity index is 1340. The largest absolute Gasteiger partial charge is 0.508 e. The molecule has 0 saturated heterocycles. The van der Waals surface area contributed by atoms with Crippen molar-refractivity contribution < 1.29 is 34.8 Å². The SMILES string of the molecule is CC(C)(C)OC(=O)N[C@@H](Cc1ccccc1)[C@@H](O)C[C@@H](Cc1ccc(O)cc1)C(=O)N[C@H]1c2ccccc2[C@@H](O)[C@H]1O. The molecule has 224 valence electrons. The molecular formula is C33H40N2O7. The number of ether oxygens (including phenoxy) is 1. The zero-order valence-corrected chi connectivity index (χ0v) is 24.1. The van der Waals surface area contributed by atoms with E-state index in [-0.39, 0.29) is 18.6 Å². The first-order chi connectivity index (χ1) is 19.9. The van der Waals surface area contributed by atoms with Crippen molar-refractivity contribution >= 4 is 12.0 Å². The lowest BCUT2D eigenvalue weighted by Gasteiger charge is -2.30. The highest BCUT2D eigenvalue weighted by Crippen LogP contribution is 2.39. The molecule has 0 unspecified atom stereocenters. The second kappa shape index (κ2) is 13.4. The molecule has 1 aliphatic carbocycles. The molecule has 42 heavy (non-hydrogen) atoms. The van der Waals surface area contributed by atoms with Gasteiger partial charge in [0.15, 0.2) is 0 Å². The number of rotatable bonds is 10. The first kappa shape index (κ1) is 31.0. The minimum atomic E-state index is -1.23. The molecule has 0 spiro atoms. The van der Waals surface area contributed by atoms with Gasteiger partial charge in [-0.2, -0.15) is 0 Å². The zero-order valence-electron chi connectivity index (χ0n) is 24.1. The van der Waals surface area contributed by atoms with Crippen LogP contribution in [0.3, 0.4) is 0 Å². The molecule has 0 aromatic heterocycles. The molecule has 9 heteroatoms. The Balaban J connectivity index is 1.57. The summed E-state index contributed by atoms with van der Waals surface area (Å²) in [5, 5.41) is 48.2. The van der Waals surface area contributed by atoms with Crippen molar-refractivity contribution in [1.82, 2.24) is 10.6 Å². The molecular weight excluding hydrogens is 536 g/mol. The molecule has 0 aliphatic heterocycles. The van der Waals surface area contributed by atoms with E-state index in [1.54, 1.807) is 57.2 Å². The minimum Gasteiger partial charge on any atom is -0.508 e. The summed E-state index contributed by atoms with van der Waals surface area (Å²) in [6.45, 7) is 5.25. The number of phenolic OH excluding ortho intramolecular Hbond substituents is 1. The van der Waals surface area contributed by atoms with Gasteiger partial charge in [-0.15, -0.1) is 0 Å². The van der Waals surface area contributed by atoms with Crippen LogP contribution in [0.4, 0.5) is 4.79 Å². The van der Waals surface area contributed by atoms with E-state index in [1.165, 1.54) is 12.1 Å². The molecule has 0 radical (unpaired) electrons. The molecule has 9 nitrogen and oxygen atoms in total. The van der Waals surface area contributed by atoms with E-state index in [0.717, 1.165) is 11.1 Å². The first-order valence-corrected chi connectivity index (χ1v) is 14.2. The number of amides is 2. The Hall–Kier alpha value is -3.92. The van der Waals surface area contributed by atoms with Crippen molar-refractivity contribution in [2.24, 2.45) is 5.92 Å². The highest BCUT2D eigenvalue weighted by atomic mass is 16.6. The molecule has 6 atom stereocenters. The number of hydrogen-bond acceptors (Lipinski definition) is 7. The Kier molecular flexibility index (Phi) is 9.88. The molecule has 0 heterocycles. The quantitative estimate of drug-likeness (QED) is 0.216. The van der Waals surface area contributed by atoms with Crippen LogP contribution in [0, 0.1) is 5.92 Å². The van der Waals surface area contributed by atoms with Crippen LogP contribution in [0.1, 0.15) is 61.6 Å². The summed E-state index contributed by atoms with van der Waals surface area (Å²) in [4.78, 5) is 26.5. The predicted octanol–water partition coefficient (Wildman–Crippen LogP) is 3.70. The lowest BCUT2D eigenvalue weighted by Crippen LogP contribution is -2.48. The van der Waals surface area contributed by atoms with Crippen LogP contribution in [0.5, 0.6) is 5.75 Å². The summed E-state index contributed by atoms with van der Waals surface area (Å²) in [5.41, 5.74) is 2.08. The fourth-order valence-corrected chi connectivity index (χ4v) is 5.31. The number of fused-ring (bicyclic) bond motifs is 1. The average molecular weight is 577 g/mol. The van der Waals surface area contributed by atoms with E-state index in [4.69, 9.17) is 4.74 Å². The molecule has 0 fully saturated rings. The highest BCUT2D eigenvalue weighted by molar-refractivity contribution is 5.80. The van der Waals surface area contributed by atoms with Gasteiger partial charge in [0.25, 0.3) is 0 Å². The van der Waals surface area contributed by atoms with Gasteiger partial charge < -0.3 is 35.8 Å². The second-order valence-electron chi connectivity index (χ2n) is 11.9. The van der Waals surface area contributed by atoms with Crippen molar-refractivity contribution in [2.75, 3.05) is 0 Å². The van der Waals surface area contributed by atoms with Gasteiger partial charge >= 0.3 is 6.09 Å². The number of carbonyl (C=O) groups excluding carboxylic acids is 2. The summed E-state index contributed by atoms with van der Waals surface area (Å²) >= 11 is 0. The van der Waals surface area contributed by atoms with E-state index in [0.29, 0.717) is 17.5 Å². The van der Waals surface area contributed by atoms with Crippen LogP contribution >= 0.6 is 0 Å². The topological polar surface area (TPSA) is 148 Å². The fraction of sp³-hybridized carbons (Fsp3) is 0.394. The molecule has 4 rings (SSSR count). The number of aromatic hydroxyl groups is 1. The van der Waals surface area contributed by atoms with Crippen LogP contribution in [-0.2, 0) is 22.4 Å². The third-order valence-corrected chi connectivity index (χ3v) is 7.39. The maximum Gasteiger partial charge on any atom is 0.407 e. The average Bonchev–Trinajstić information content (AvgIpc) is 3.17. The molecule has 3 aromatic carbocycles. The van der Waals surface area contributed by atoms with Crippen LogP contribution in [0.25, 0.3) is 0 Å². The highest BCUT2D eigenvalue weighted by Gasteiger charge is 2.40.